The summed E-state index contributed by atoms with van der Waals surface area (Å²) >= 11 is 0. The molecule has 0 spiro atoms. The average Bonchev–Trinajstić information content (AvgIpc) is 2.82. The summed E-state index contributed by atoms with van der Waals surface area (Å²) in [6.07, 6.45) is 1.10. The third-order valence-electron chi connectivity index (χ3n) is 4.35. The van der Waals surface area contributed by atoms with Crippen molar-refractivity contribution in [3.05, 3.63) is 64.7 Å². The van der Waals surface area contributed by atoms with Crippen molar-refractivity contribution in [3.8, 4) is 6.07 Å². The molecule has 0 N–H and O–H groups in total. The summed E-state index contributed by atoms with van der Waals surface area (Å²) in [5.41, 5.74) is 6.11. The molecule has 3 rings (SSSR count). The van der Waals surface area contributed by atoms with Gasteiger partial charge in [-0.1, -0.05) is 49.5 Å². The minimum atomic E-state index is 0.421. The number of nitriles is 1. The van der Waals surface area contributed by atoms with E-state index in [1.165, 1.54) is 22.2 Å². The highest BCUT2D eigenvalue weighted by Gasteiger charge is 2.30. The smallest absolute Gasteiger partial charge is 0.148 e. The fourth-order valence-electron chi connectivity index (χ4n) is 3.32. The summed E-state index contributed by atoms with van der Waals surface area (Å²) < 4.78 is 0. The van der Waals surface area contributed by atoms with Gasteiger partial charge in [-0.15, -0.1) is 0 Å². The van der Waals surface area contributed by atoms with Gasteiger partial charge in [-0.25, -0.2) is 0 Å². The molecule has 97 valence electrons. The van der Waals surface area contributed by atoms with E-state index in [1.807, 2.05) is 6.07 Å². The molecule has 20 heavy (non-hydrogen) atoms. The van der Waals surface area contributed by atoms with Gasteiger partial charge >= 0.3 is 0 Å². The van der Waals surface area contributed by atoms with Crippen LogP contribution in [0.4, 0.5) is 0 Å². The molecule has 2 heteroatoms. The maximum Gasteiger partial charge on any atom is 0.148 e. The van der Waals surface area contributed by atoms with Crippen LogP contribution in [0.2, 0.25) is 6.82 Å². The van der Waals surface area contributed by atoms with Crippen LogP contribution < -0.4 is 5.46 Å². The van der Waals surface area contributed by atoms with E-state index in [0.29, 0.717) is 11.8 Å². The molecule has 2 atom stereocenters. The topological polar surface area (TPSA) is 23.8 Å². The third-order valence-corrected chi connectivity index (χ3v) is 4.35. The van der Waals surface area contributed by atoms with Crippen LogP contribution in [0, 0.1) is 17.2 Å². The summed E-state index contributed by atoms with van der Waals surface area (Å²) in [6.45, 7) is 4.36. The lowest BCUT2D eigenvalue weighted by Gasteiger charge is -2.18. The molecule has 2 aromatic carbocycles. The van der Waals surface area contributed by atoms with E-state index >= 15 is 0 Å². The standard InChI is InChI=1S/C18H17BN/c1-12-9-15-4-3-13(11-20)10-17(15)18(12)14-5-7-16(19-2)8-6-14/h3-8,10,12,18H,9H2,1-2H3/t12-,18-/m0/s1. The zero-order valence-corrected chi connectivity index (χ0v) is 11.9. The molecule has 1 nitrogen and oxygen atoms in total. The zero-order valence-electron chi connectivity index (χ0n) is 11.9. The molecule has 0 heterocycles. The van der Waals surface area contributed by atoms with Crippen molar-refractivity contribution < 1.29 is 0 Å². The highest BCUT2D eigenvalue weighted by atomic mass is 14.3. The lowest BCUT2D eigenvalue weighted by atomic mass is 9.72. The molecule has 1 aliphatic carbocycles. The van der Waals surface area contributed by atoms with Crippen LogP contribution in [0.25, 0.3) is 0 Å². The third kappa shape index (κ3) is 2.14. The van der Waals surface area contributed by atoms with Gasteiger partial charge in [-0.05, 0) is 41.2 Å². The van der Waals surface area contributed by atoms with Gasteiger partial charge in [0, 0.05) is 5.92 Å². The number of hydrogen-bond donors (Lipinski definition) is 0. The lowest BCUT2D eigenvalue weighted by molar-refractivity contribution is 0.557. The monoisotopic (exact) mass is 258 g/mol. The van der Waals surface area contributed by atoms with Crippen molar-refractivity contribution in [1.82, 2.24) is 0 Å². The summed E-state index contributed by atoms with van der Waals surface area (Å²) in [5.74, 6) is 1.01. The maximum absolute atomic E-state index is 9.11. The molecule has 0 unspecified atom stereocenters. The molecule has 0 bridgehead atoms. The first-order chi connectivity index (χ1) is 9.72. The molecule has 1 radical (unpaired) electrons. The Morgan fingerprint density at radius 1 is 1.15 bits per heavy atom. The van der Waals surface area contributed by atoms with E-state index in [9.17, 15) is 0 Å². The number of rotatable bonds is 2. The second-order valence-corrected chi connectivity index (χ2v) is 5.64. The minimum Gasteiger partial charge on any atom is -0.192 e. The van der Waals surface area contributed by atoms with Gasteiger partial charge in [0.25, 0.3) is 0 Å². The fraction of sp³-hybridized carbons (Fsp3) is 0.278. The SMILES string of the molecule is C[B]c1ccc([C@H]2c3cc(C#N)ccc3C[C@@H]2C)cc1. The number of hydrogen-bond acceptors (Lipinski definition) is 1. The van der Waals surface area contributed by atoms with Gasteiger partial charge in [0.05, 0.1) is 11.6 Å². The minimum absolute atomic E-state index is 0.421. The summed E-state index contributed by atoms with van der Waals surface area (Å²) in [4.78, 5) is 0. The van der Waals surface area contributed by atoms with E-state index in [2.05, 4.69) is 63.5 Å². The van der Waals surface area contributed by atoms with Crippen LogP contribution in [0.15, 0.2) is 42.5 Å². The molecule has 0 aliphatic heterocycles. The largest absolute Gasteiger partial charge is 0.192 e. The van der Waals surface area contributed by atoms with Crippen LogP contribution >= 0.6 is 0 Å². The Morgan fingerprint density at radius 2 is 1.90 bits per heavy atom. The number of nitrogens with zero attached hydrogens (tertiary/aromatic N) is 1. The fourth-order valence-corrected chi connectivity index (χ4v) is 3.32. The maximum atomic E-state index is 9.11. The van der Waals surface area contributed by atoms with Crippen LogP contribution in [-0.4, -0.2) is 7.28 Å². The summed E-state index contributed by atoms with van der Waals surface area (Å²) in [7, 11) is 2.11. The zero-order chi connectivity index (χ0) is 14.1. The normalized spacial score (nSPS) is 20.2. The molecule has 0 fully saturated rings. The Kier molecular flexibility index (Phi) is 3.36. The van der Waals surface area contributed by atoms with Gasteiger partial charge in [0.1, 0.15) is 7.28 Å². The van der Waals surface area contributed by atoms with Gasteiger partial charge in [0.15, 0.2) is 0 Å². The molecule has 2 aromatic rings. The molecule has 0 aromatic heterocycles. The van der Waals surface area contributed by atoms with E-state index < -0.39 is 0 Å². The van der Waals surface area contributed by atoms with Crippen molar-refractivity contribution in [2.45, 2.75) is 26.1 Å². The molecule has 0 amide bonds. The first-order valence-corrected chi connectivity index (χ1v) is 7.15. The van der Waals surface area contributed by atoms with Crippen LogP contribution in [0.1, 0.15) is 35.1 Å². The van der Waals surface area contributed by atoms with Crippen LogP contribution in [0.3, 0.4) is 0 Å². The van der Waals surface area contributed by atoms with Gasteiger partial charge in [-0.2, -0.15) is 5.26 Å². The van der Waals surface area contributed by atoms with Crippen molar-refractivity contribution in [2.24, 2.45) is 5.92 Å². The van der Waals surface area contributed by atoms with E-state index in [-0.39, 0.29) is 0 Å². The van der Waals surface area contributed by atoms with Gasteiger partial charge < -0.3 is 0 Å². The van der Waals surface area contributed by atoms with E-state index in [1.54, 1.807) is 0 Å². The molecular formula is C18H17BN. The molecule has 0 saturated carbocycles. The second kappa shape index (κ2) is 5.17. The predicted molar refractivity (Wildman–Crippen MR) is 83.6 cm³/mol. The summed E-state index contributed by atoms with van der Waals surface area (Å²) in [5, 5.41) is 9.11. The van der Waals surface area contributed by atoms with Crippen LogP contribution in [-0.2, 0) is 6.42 Å². The molecular weight excluding hydrogens is 241 g/mol. The van der Waals surface area contributed by atoms with E-state index in [4.69, 9.17) is 5.26 Å². The van der Waals surface area contributed by atoms with Crippen molar-refractivity contribution in [2.75, 3.05) is 0 Å². The van der Waals surface area contributed by atoms with E-state index in [0.717, 1.165) is 12.0 Å². The first kappa shape index (κ1) is 13.0. The van der Waals surface area contributed by atoms with Crippen molar-refractivity contribution in [3.63, 3.8) is 0 Å². The Balaban J connectivity index is 2.04. The van der Waals surface area contributed by atoms with Crippen molar-refractivity contribution in [1.29, 1.82) is 5.26 Å². The van der Waals surface area contributed by atoms with Gasteiger partial charge in [0.2, 0.25) is 0 Å². The molecule has 1 aliphatic rings. The highest BCUT2D eigenvalue weighted by Crippen LogP contribution is 2.42. The quantitative estimate of drug-likeness (QED) is 0.758. The van der Waals surface area contributed by atoms with Crippen molar-refractivity contribution >= 4 is 12.7 Å². The average molecular weight is 258 g/mol. The number of benzene rings is 2. The van der Waals surface area contributed by atoms with Gasteiger partial charge in [-0.3, -0.25) is 0 Å². The Bertz CT molecular complexity index is 667. The Labute approximate surface area is 121 Å². The summed E-state index contributed by atoms with van der Waals surface area (Å²) in [6, 6.07) is 17.2. The Morgan fingerprint density at radius 3 is 2.55 bits per heavy atom. The van der Waals surface area contributed by atoms with Crippen LogP contribution in [0.5, 0.6) is 0 Å². The number of fused-ring (bicyclic) bond motifs is 1. The molecule has 0 saturated heterocycles. The second-order valence-electron chi connectivity index (χ2n) is 5.64. The highest BCUT2D eigenvalue weighted by molar-refractivity contribution is 6.51. The predicted octanol–water partition coefficient (Wildman–Crippen LogP) is 3.26. The first-order valence-electron chi connectivity index (χ1n) is 7.15. The Hall–Kier alpha value is -2.01. The lowest BCUT2D eigenvalue weighted by Crippen LogP contribution is -2.12.